The van der Waals surface area contributed by atoms with Crippen LogP contribution in [0, 0.1) is 11.2 Å². The van der Waals surface area contributed by atoms with Crippen LogP contribution in [0.3, 0.4) is 0 Å². The van der Waals surface area contributed by atoms with Gasteiger partial charge in [0.25, 0.3) is 0 Å². The first kappa shape index (κ1) is 13.8. The molecule has 0 saturated carbocycles. The number of halogens is 2. The Morgan fingerprint density at radius 1 is 1.44 bits per heavy atom. The Hall–Kier alpha value is -0.650. The minimum Gasteiger partial charge on any atom is -0.330 e. The average molecular weight is 292 g/mol. The van der Waals surface area contributed by atoms with E-state index in [1.165, 1.54) is 18.2 Å². The third kappa shape index (κ3) is 2.84. The van der Waals surface area contributed by atoms with Crippen molar-refractivity contribution in [2.45, 2.75) is 12.8 Å². The number of nitrogens with two attached hydrogens (primary N) is 1. The molecular formula is C12H15ClFNO2S. The van der Waals surface area contributed by atoms with Gasteiger partial charge in [-0.2, -0.15) is 0 Å². The van der Waals surface area contributed by atoms with E-state index in [-0.39, 0.29) is 23.9 Å². The predicted octanol–water partition coefficient (Wildman–Crippen LogP) is 1.79. The van der Waals surface area contributed by atoms with Crippen LogP contribution in [-0.4, -0.2) is 26.5 Å². The summed E-state index contributed by atoms with van der Waals surface area (Å²) >= 11 is 6.01. The van der Waals surface area contributed by atoms with E-state index in [0.717, 1.165) is 0 Å². The summed E-state index contributed by atoms with van der Waals surface area (Å²) in [4.78, 5) is 0. The number of hydrogen-bond acceptors (Lipinski definition) is 3. The lowest BCUT2D eigenvalue weighted by molar-refractivity contribution is 0.344. The van der Waals surface area contributed by atoms with Crippen molar-refractivity contribution in [3.8, 4) is 0 Å². The number of sulfone groups is 1. The fourth-order valence-corrected chi connectivity index (χ4v) is 4.81. The van der Waals surface area contributed by atoms with E-state index in [4.69, 9.17) is 17.3 Å². The van der Waals surface area contributed by atoms with Crippen LogP contribution < -0.4 is 5.73 Å². The molecular weight excluding hydrogens is 277 g/mol. The molecule has 1 fully saturated rings. The minimum atomic E-state index is -3.03. The second kappa shape index (κ2) is 4.79. The topological polar surface area (TPSA) is 60.2 Å². The Morgan fingerprint density at radius 3 is 2.72 bits per heavy atom. The predicted molar refractivity (Wildman–Crippen MR) is 69.9 cm³/mol. The molecule has 0 bridgehead atoms. The van der Waals surface area contributed by atoms with E-state index in [1.807, 2.05) is 0 Å². The quantitative estimate of drug-likeness (QED) is 0.923. The van der Waals surface area contributed by atoms with E-state index in [1.54, 1.807) is 0 Å². The van der Waals surface area contributed by atoms with E-state index in [0.29, 0.717) is 23.4 Å². The van der Waals surface area contributed by atoms with Crippen LogP contribution in [0.25, 0.3) is 0 Å². The first-order valence-corrected chi connectivity index (χ1v) is 7.90. The Kier molecular flexibility index (Phi) is 3.67. The van der Waals surface area contributed by atoms with Crippen LogP contribution in [0.15, 0.2) is 18.2 Å². The van der Waals surface area contributed by atoms with Gasteiger partial charge in [0.15, 0.2) is 9.84 Å². The molecule has 0 aliphatic carbocycles. The molecule has 0 amide bonds. The van der Waals surface area contributed by atoms with Crippen molar-refractivity contribution in [1.29, 1.82) is 0 Å². The van der Waals surface area contributed by atoms with Crippen LogP contribution >= 0.6 is 11.6 Å². The largest absolute Gasteiger partial charge is 0.330 e. The maximum absolute atomic E-state index is 13.2. The van der Waals surface area contributed by atoms with E-state index >= 15 is 0 Å². The van der Waals surface area contributed by atoms with Gasteiger partial charge in [0.1, 0.15) is 5.82 Å². The lowest BCUT2D eigenvalue weighted by atomic mass is 9.81. The van der Waals surface area contributed by atoms with E-state index < -0.39 is 15.3 Å². The van der Waals surface area contributed by atoms with E-state index in [2.05, 4.69) is 0 Å². The van der Waals surface area contributed by atoms with Crippen LogP contribution in [-0.2, 0) is 16.3 Å². The van der Waals surface area contributed by atoms with Gasteiger partial charge in [0.05, 0.1) is 11.5 Å². The molecule has 1 atom stereocenters. The lowest BCUT2D eigenvalue weighted by Gasteiger charge is -2.26. The van der Waals surface area contributed by atoms with Gasteiger partial charge in [-0.15, -0.1) is 0 Å². The Labute approximate surface area is 111 Å². The van der Waals surface area contributed by atoms with Gasteiger partial charge in [0, 0.05) is 10.4 Å². The molecule has 0 spiro atoms. The summed E-state index contributed by atoms with van der Waals surface area (Å²) in [6.45, 7) is 0.263. The molecule has 2 N–H and O–H groups in total. The van der Waals surface area contributed by atoms with Gasteiger partial charge >= 0.3 is 0 Å². The molecule has 1 aromatic carbocycles. The molecule has 1 aliphatic heterocycles. The van der Waals surface area contributed by atoms with Crippen LogP contribution in [0.4, 0.5) is 4.39 Å². The number of rotatable bonds is 3. The smallest absolute Gasteiger partial charge is 0.150 e. The molecule has 0 aromatic heterocycles. The Morgan fingerprint density at radius 2 is 2.17 bits per heavy atom. The standard InChI is InChI=1S/C12H15ClFNO2S/c13-11-2-1-10(14)5-9(11)6-12(7-15)3-4-18(16,17)8-12/h1-2,5H,3-4,6-8,15H2. The van der Waals surface area contributed by atoms with Crippen molar-refractivity contribution in [1.82, 2.24) is 0 Å². The second-order valence-electron chi connectivity index (χ2n) is 4.96. The summed E-state index contributed by atoms with van der Waals surface area (Å²) in [5.41, 5.74) is 5.85. The summed E-state index contributed by atoms with van der Waals surface area (Å²) < 4.78 is 36.4. The molecule has 2 rings (SSSR count). The highest BCUT2D eigenvalue weighted by Crippen LogP contribution is 2.36. The highest BCUT2D eigenvalue weighted by molar-refractivity contribution is 7.91. The molecule has 1 aromatic rings. The van der Waals surface area contributed by atoms with Crippen molar-refractivity contribution >= 4 is 21.4 Å². The summed E-state index contributed by atoms with van der Waals surface area (Å²) in [7, 11) is -3.03. The first-order chi connectivity index (χ1) is 8.36. The van der Waals surface area contributed by atoms with Crippen LogP contribution in [0.2, 0.25) is 5.02 Å². The maximum Gasteiger partial charge on any atom is 0.150 e. The van der Waals surface area contributed by atoms with Crippen molar-refractivity contribution in [2.75, 3.05) is 18.1 Å². The normalized spacial score (nSPS) is 26.4. The monoisotopic (exact) mass is 291 g/mol. The summed E-state index contributed by atoms with van der Waals surface area (Å²) in [5.74, 6) is -0.164. The van der Waals surface area contributed by atoms with Crippen molar-refractivity contribution in [3.05, 3.63) is 34.6 Å². The van der Waals surface area contributed by atoms with Crippen molar-refractivity contribution in [3.63, 3.8) is 0 Å². The van der Waals surface area contributed by atoms with Gasteiger partial charge in [-0.1, -0.05) is 11.6 Å². The van der Waals surface area contributed by atoms with E-state index in [9.17, 15) is 12.8 Å². The zero-order valence-electron chi connectivity index (χ0n) is 9.83. The molecule has 18 heavy (non-hydrogen) atoms. The molecule has 1 aliphatic rings. The zero-order chi connectivity index (χ0) is 13.4. The van der Waals surface area contributed by atoms with Crippen LogP contribution in [0.1, 0.15) is 12.0 Å². The van der Waals surface area contributed by atoms with Gasteiger partial charge in [0.2, 0.25) is 0 Å². The zero-order valence-corrected chi connectivity index (χ0v) is 11.4. The molecule has 1 heterocycles. The van der Waals surface area contributed by atoms with Gasteiger partial charge in [-0.25, -0.2) is 12.8 Å². The molecule has 0 radical (unpaired) electrons. The number of benzene rings is 1. The Bertz CT molecular complexity index is 561. The van der Waals surface area contributed by atoms with Crippen molar-refractivity contribution < 1.29 is 12.8 Å². The van der Waals surface area contributed by atoms with Crippen LogP contribution in [0.5, 0.6) is 0 Å². The summed E-state index contributed by atoms with van der Waals surface area (Å²) in [6, 6.07) is 4.12. The molecule has 1 saturated heterocycles. The fraction of sp³-hybridized carbons (Fsp3) is 0.500. The second-order valence-corrected chi connectivity index (χ2v) is 7.55. The van der Waals surface area contributed by atoms with Gasteiger partial charge < -0.3 is 5.73 Å². The molecule has 1 unspecified atom stereocenters. The highest BCUT2D eigenvalue weighted by atomic mass is 35.5. The summed E-state index contributed by atoms with van der Waals surface area (Å²) in [5, 5.41) is 0.452. The summed E-state index contributed by atoms with van der Waals surface area (Å²) in [6.07, 6.45) is 0.915. The Balaban J connectivity index is 2.29. The fourth-order valence-electron chi connectivity index (χ4n) is 2.44. The average Bonchev–Trinajstić information content (AvgIpc) is 2.60. The van der Waals surface area contributed by atoms with Gasteiger partial charge in [-0.3, -0.25) is 0 Å². The number of hydrogen-bond donors (Lipinski definition) is 1. The molecule has 6 heteroatoms. The molecule has 3 nitrogen and oxygen atoms in total. The third-order valence-electron chi connectivity index (χ3n) is 3.48. The van der Waals surface area contributed by atoms with Gasteiger partial charge in [-0.05, 0) is 43.1 Å². The van der Waals surface area contributed by atoms with Crippen molar-refractivity contribution in [2.24, 2.45) is 11.1 Å². The third-order valence-corrected chi connectivity index (χ3v) is 5.72. The first-order valence-electron chi connectivity index (χ1n) is 5.70. The molecule has 100 valence electrons. The lowest BCUT2D eigenvalue weighted by Crippen LogP contribution is -2.34. The highest BCUT2D eigenvalue weighted by Gasteiger charge is 2.41. The maximum atomic E-state index is 13.2. The minimum absolute atomic E-state index is 0.0589. The SMILES string of the molecule is NCC1(Cc2cc(F)ccc2Cl)CCS(=O)(=O)C1.